The van der Waals surface area contributed by atoms with Crippen LogP contribution < -0.4 is 0 Å². The summed E-state index contributed by atoms with van der Waals surface area (Å²) in [5, 5.41) is 0. The van der Waals surface area contributed by atoms with Crippen molar-refractivity contribution in [3.8, 4) is 0 Å². The molecule has 0 aliphatic carbocycles. The molecular formula is C9H5BrF4. The Morgan fingerprint density at radius 3 is 2.36 bits per heavy atom. The first kappa shape index (κ1) is 11.2. The van der Waals surface area contributed by atoms with Gasteiger partial charge in [0, 0.05) is 0 Å². The summed E-state index contributed by atoms with van der Waals surface area (Å²) in [6.07, 6.45) is -3.33. The van der Waals surface area contributed by atoms with Crippen LogP contribution in [0.4, 0.5) is 17.6 Å². The molecule has 0 aliphatic rings. The quantitative estimate of drug-likeness (QED) is 0.670. The van der Waals surface area contributed by atoms with E-state index in [1.807, 2.05) is 0 Å². The molecule has 0 aromatic heterocycles. The van der Waals surface area contributed by atoms with Gasteiger partial charge in [0.25, 0.3) is 0 Å². The first-order chi connectivity index (χ1) is 6.45. The Kier molecular flexibility index (Phi) is 3.31. The lowest BCUT2D eigenvalue weighted by Gasteiger charge is -2.09. The van der Waals surface area contributed by atoms with Crippen molar-refractivity contribution in [1.82, 2.24) is 0 Å². The van der Waals surface area contributed by atoms with Crippen LogP contribution in [0.15, 0.2) is 23.2 Å². The van der Waals surface area contributed by atoms with Gasteiger partial charge in [0.1, 0.15) is 5.82 Å². The van der Waals surface area contributed by atoms with E-state index in [0.717, 1.165) is 12.1 Å². The topological polar surface area (TPSA) is 0 Å². The summed E-state index contributed by atoms with van der Waals surface area (Å²) in [4.78, 5) is 1.29. The van der Waals surface area contributed by atoms with E-state index in [4.69, 9.17) is 0 Å². The van der Waals surface area contributed by atoms with Gasteiger partial charge in [-0.1, -0.05) is 22.0 Å². The summed E-state index contributed by atoms with van der Waals surface area (Å²) in [5.41, 5.74) is -1.05. The zero-order chi connectivity index (χ0) is 10.8. The number of hydrogen-bond acceptors (Lipinski definition) is 0. The van der Waals surface area contributed by atoms with E-state index in [-0.39, 0.29) is 5.56 Å². The molecule has 0 bridgehead atoms. The van der Waals surface area contributed by atoms with Crippen LogP contribution in [0.25, 0.3) is 6.08 Å². The molecule has 1 aromatic rings. The third-order valence-corrected chi connectivity index (χ3v) is 1.83. The molecule has 1 rings (SSSR count). The highest BCUT2D eigenvalue weighted by molar-refractivity contribution is 9.11. The molecule has 14 heavy (non-hydrogen) atoms. The van der Waals surface area contributed by atoms with E-state index >= 15 is 0 Å². The van der Waals surface area contributed by atoms with Gasteiger partial charge >= 0.3 is 6.18 Å². The molecule has 0 N–H and O–H groups in total. The molecule has 5 heteroatoms. The molecule has 0 fully saturated rings. The molecule has 0 unspecified atom stereocenters. The van der Waals surface area contributed by atoms with E-state index in [2.05, 4.69) is 15.9 Å². The highest BCUT2D eigenvalue weighted by Crippen LogP contribution is 2.33. The fourth-order valence-electron chi connectivity index (χ4n) is 0.987. The lowest BCUT2D eigenvalue weighted by molar-refractivity contribution is -0.137. The average molecular weight is 269 g/mol. The van der Waals surface area contributed by atoms with Crippen molar-refractivity contribution in [2.75, 3.05) is 0 Å². The van der Waals surface area contributed by atoms with E-state index in [0.29, 0.717) is 6.07 Å². The first-order valence-electron chi connectivity index (χ1n) is 3.58. The summed E-state index contributed by atoms with van der Waals surface area (Å²) < 4.78 is 49.6. The summed E-state index contributed by atoms with van der Waals surface area (Å²) >= 11 is 2.86. The second kappa shape index (κ2) is 4.13. The van der Waals surface area contributed by atoms with Crippen molar-refractivity contribution in [3.63, 3.8) is 0 Å². The summed E-state index contributed by atoms with van der Waals surface area (Å²) in [6.45, 7) is 0. The maximum atomic E-state index is 12.6. The molecule has 0 spiro atoms. The maximum Gasteiger partial charge on any atom is 0.417 e. The van der Waals surface area contributed by atoms with Gasteiger partial charge in [-0.2, -0.15) is 13.2 Å². The standard InChI is InChI=1S/C9H5BrF4/c10-4-3-6-1-2-7(11)5-8(6)9(12,13)14/h1-5H/b4-3+. The van der Waals surface area contributed by atoms with Crippen molar-refractivity contribution in [2.45, 2.75) is 6.18 Å². The highest BCUT2D eigenvalue weighted by atomic mass is 79.9. The monoisotopic (exact) mass is 268 g/mol. The third kappa shape index (κ3) is 2.57. The lowest BCUT2D eigenvalue weighted by atomic mass is 10.1. The Hall–Kier alpha value is -0.840. The molecule has 0 amide bonds. The SMILES string of the molecule is Fc1ccc(/C=C/Br)c(C(F)(F)F)c1. The van der Waals surface area contributed by atoms with E-state index < -0.39 is 17.6 Å². The highest BCUT2D eigenvalue weighted by Gasteiger charge is 2.33. The predicted molar refractivity (Wildman–Crippen MR) is 49.4 cm³/mol. The van der Waals surface area contributed by atoms with Gasteiger partial charge in [-0.05, 0) is 28.8 Å². The van der Waals surface area contributed by atoms with Crippen LogP contribution in [0.3, 0.4) is 0 Å². The van der Waals surface area contributed by atoms with Crippen LogP contribution in [-0.2, 0) is 6.18 Å². The third-order valence-electron chi connectivity index (χ3n) is 1.56. The van der Waals surface area contributed by atoms with Crippen molar-refractivity contribution >= 4 is 22.0 Å². The second-order valence-electron chi connectivity index (χ2n) is 2.52. The minimum Gasteiger partial charge on any atom is -0.207 e. The van der Waals surface area contributed by atoms with Gasteiger partial charge in [-0.25, -0.2) is 4.39 Å². The van der Waals surface area contributed by atoms with Gasteiger partial charge in [0.05, 0.1) is 5.56 Å². The smallest absolute Gasteiger partial charge is 0.207 e. The van der Waals surface area contributed by atoms with Gasteiger partial charge in [-0.15, -0.1) is 0 Å². The minimum absolute atomic E-state index is 0.0734. The van der Waals surface area contributed by atoms with E-state index in [9.17, 15) is 17.6 Å². The van der Waals surface area contributed by atoms with Crippen LogP contribution in [0.1, 0.15) is 11.1 Å². The Balaban J connectivity index is 3.30. The normalized spacial score (nSPS) is 12.4. The van der Waals surface area contributed by atoms with Crippen LogP contribution in [0.5, 0.6) is 0 Å². The van der Waals surface area contributed by atoms with Crippen molar-refractivity contribution in [3.05, 3.63) is 40.1 Å². The summed E-state index contributed by atoms with van der Waals surface area (Å²) in [5.74, 6) is -0.899. The van der Waals surface area contributed by atoms with Crippen LogP contribution in [-0.4, -0.2) is 0 Å². The maximum absolute atomic E-state index is 12.6. The van der Waals surface area contributed by atoms with Crippen molar-refractivity contribution in [2.24, 2.45) is 0 Å². The number of rotatable bonds is 1. The first-order valence-corrected chi connectivity index (χ1v) is 4.50. The molecule has 0 saturated heterocycles. The van der Waals surface area contributed by atoms with Gasteiger partial charge in [-0.3, -0.25) is 0 Å². The van der Waals surface area contributed by atoms with Gasteiger partial charge < -0.3 is 0 Å². The molecule has 0 nitrogen and oxygen atoms in total. The largest absolute Gasteiger partial charge is 0.417 e. The molecule has 0 radical (unpaired) electrons. The van der Waals surface area contributed by atoms with Crippen molar-refractivity contribution < 1.29 is 17.6 Å². The minimum atomic E-state index is -4.54. The fourth-order valence-corrected chi connectivity index (χ4v) is 1.27. The number of benzene rings is 1. The van der Waals surface area contributed by atoms with Gasteiger partial charge in [0.2, 0.25) is 0 Å². The zero-order valence-corrected chi connectivity index (χ0v) is 8.36. The van der Waals surface area contributed by atoms with Crippen LogP contribution in [0.2, 0.25) is 0 Å². The van der Waals surface area contributed by atoms with Crippen LogP contribution in [0, 0.1) is 5.82 Å². The van der Waals surface area contributed by atoms with Crippen molar-refractivity contribution in [1.29, 1.82) is 0 Å². The summed E-state index contributed by atoms with van der Waals surface area (Å²) in [7, 11) is 0. The molecule has 0 aliphatic heterocycles. The van der Waals surface area contributed by atoms with Crippen LogP contribution >= 0.6 is 15.9 Å². The fraction of sp³-hybridized carbons (Fsp3) is 0.111. The number of halogens is 5. The Bertz CT molecular complexity index is 354. The molecule has 0 saturated carbocycles. The summed E-state index contributed by atoms with van der Waals surface area (Å²) in [6, 6.07) is 2.54. The molecule has 0 heterocycles. The molecular weight excluding hydrogens is 264 g/mol. The Morgan fingerprint density at radius 2 is 1.86 bits per heavy atom. The Morgan fingerprint density at radius 1 is 1.21 bits per heavy atom. The predicted octanol–water partition coefficient (Wildman–Crippen LogP) is 4.21. The lowest BCUT2D eigenvalue weighted by Crippen LogP contribution is -2.07. The molecule has 0 atom stereocenters. The second-order valence-corrected chi connectivity index (χ2v) is 3.05. The zero-order valence-electron chi connectivity index (χ0n) is 6.78. The van der Waals surface area contributed by atoms with E-state index in [1.165, 1.54) is 11.1 Å². The number of alkyl halides is 3. The number of hydrogen-bond donors (Lipinski definition) is 0. The average Bonchev–Trinajstić information content (AvgIpc) is 2.07. The Labute approximate surface area is 86.4 Å². The van der Waals surface area contributed by atoms with Gasteiger partial charge in [0.15, 0.2) is 0 Å². The van der Waals surface area contributed by atoms with E-state index in [1.54, 1.807) is 0 Å². The molecule has 1 aromatic carbocycles. The molecule has 76 valence electrons.